The number of carbonyl (C=O) groups excluding carboxylic acids is 1. The molecule has 0 aliphatic heterocycles. The molecule has 7 nitrogen and oxygen atoms in total. The quantitative estimate of drug-likeness (QED) is 0.492. The summed E-state index contributed by atoms with van der Waals surface area (Å²) in [5.74, 6) is -2.11. The molecular weight excluding hydrogens is 492 g/mol. The highest BCUT2D eigenvalue weighted by Crippen LogP contribution is 2.34. The molecular formula is C20H13F6N3O4S. The van der Waals surface area contributed by atoms with E-state index in [1.54, 1.807) is 0 Å². The molecule has 34 heavy (non-hydrogen) atoms. The highest BCUT2D eigenvalue weighted by molar-refractivity contribution is 7.90. The van der Waals surface area contributed by atoms with Crippen LogP contribution in [-0.4, -0.2) is 30.5 Å². The molecule has 2 aromatic heterocycles. The average Bonchev–Trinajstić information content (AvgIpc) is 2.72. The second-order valence-electron chi connectivity index (χ2n) is 6.81. The molecule has 180 valence electrons. The average molecular weight is 505 g/mol. The maximum absolute atomic E-state index is 13.2. The van der Waals surface area contributed by atoms with Gasteiger partial charge in [0.25, 0.3) is 5.91 Å². The number of anilines is 1. The van der Waals surface area contributed by atoms with Crippen molar-refractivity contribution in [2.45, 2.75) is 17.2 Å². The van der Waals surface area contributed by atoms with E-state index in [0.29, 0.717) is 24.5 Å². The van der Waals surface area contributed by atoms with Gasteiger partial charge in [-0.1, -0.05) is 6.07 Å². The highest BCUT2D eigenvalue weighted by Gasteiger charge is 2.34. The minimum Gasteiger partial charge on any atom is -0.437 e. The highest BCUT2D eigenvalue weighted by atomic mass is 32.2. The summed E-state index contributed by atoms with van der Waals surface area (Å²) in [7, 11) is -3.64. The Morgan fingerprint density at radius 3 is 2.21 bits per heavy atom. The Morgan fingerprint density at radius 2 is 1.65 bits per heavy atom. The van der Waals surface area contributed by atoms with Crippen LogP contribution in [0.15, 0.2) is 59.8 Å². The molecule has 1 aromatic carbocycles. The van der Waals surface area contributed by atoms with Gasteiger partial charge in [0, 0.05) is 18.1 Å². The predicted molar refractivity (Wildman–Crippen MR) is 106 cm³/mol. The van der Waals surface area contributed by atoms with Crippen LogP contribution in [-0.2, 0) is 22.2 Å². The summed E-state index contributed by atoms with van der Waals surface area (Å²) in [5, 5.41) is 2.25. The number of aromatic nitrogens is 2. The van der Waals surface area contributed by atoms with Gasteiger partial charge in [-0.25, -0.2) is 18.4 Å². The third-order valence-electron chi connectivity index (χ3n) is 4.18. The van der Waals surface area contributed by atoms with Gasteiger partial charge in [0.1, 0.15) is 17.0 Å². The Kier molecular flexibility index (Phi) is 6.55. The van der Waals surface area contributed by atoms with Crippen molar-refractivity contribution in [1.82, 2.24) is 9.97 Å². The fourth-order valence-corrected chi connectivity index (χ4v) is 3.24. The third kappa shape index (κ3) is 6.01. The number of benzene rings is 1. The lowest BCUT2D eigenvalue weighted by atomic mass is 10.1. The third-order valence-corrected chi connectivity index (χ3v) is 5.29. The molecule has 0 radical (unpaired) electrons. The smallest absolute Gasteiger partial charge is 0.433 e. The number of nitrogens with one attached hydrogen (secondary N) is 1. The maximum atomic E-state index is 13.2. The van der Waals surface area contributed by atoms with Crippen molar-refractivity contribution >= 4 is 21.4 Å². The first-order valence-electron chi connectivity index (χ1n) is 9.04. The summed E-state index contributed by atoms with van der Waals surface area (Å²) in [6, 6.07) is 6.82. The number of nitrogens with zero attached hydrogens (tertiary/aromatic N) is 2. The Hall–Kier alpha value is -3.68. The Bertz CT molecular complexity index is 1320. The number of rotatable bonds is 5. The van der Waals surface area contributed by atoms with Gasteiger partial charge in [0.2, 0.25) is 5.88 Å². The van der Waals surface area contributed by atoms with Crippen LogP contribution >= 0.6 is 0 Å². The summed E-state index contributed by atoms with van der Waals surface area (Å²) in [4.78, 5) is 19.2. The second-order valence-corrected chi connectivity index (χ2v) is 8.82. The molecule has 3 aromatic rings. The van der Waals surface area contributed by atoms with Crippen LogP contribution in [0, 0.1) is 0 Å². The predicted octanol–water partition coefficient (Wildman–Crippen LogP) is 4.96. The number of amides is 1. The van der Waals surface area contributed by atoms with Crippen molar-refractivity contribution in [2.24, 2.45) is 0 Å². The first kappa shape index (κ1) is 25.0. The number of hydrogen-bond donors (Lipinski definition) is 1. The summed E-state index contributed by atoms with van der Waals surface area (Å²) in [5.41, 5.74) is -3.28. The van der Waals surface area contributed by atoms with Crippen molar-refractivity contribution in [3.8, 4) is 11.6 Å². The van der Waals surface area contributed by atoms with Gasteiger partial charge >= 0.3 is 12.4 Å². The lowest BCUT2D eigenvalue weighted by Crippen LogP contribution is -2.16. The minimum atomic E-state index is -4.87. The molecule has 0 saturated carbocycles. The molecule has 0 saturated heterocycles. The molecule has 0 aliphatic rings. The van der Waals surface area contributed by atoms with Crippen molar-refractivity contribution < 1.29 is 44.3 Å². The molecule has 0 spiro atoms. The van der Waals surface area contributed by atoms with Gasteiger partial charge in [-0.3, -0.25) is 4.79 Å². The number of halogens is 6. The van der Waals surface area contributed by atoms with Crippen LogP contribution < -0.4 is 10.1 Å². The van der Waals surface area contributed by atoms with Gasteiger partial charge in [-0.15, -0.1) is 0 Å². The lowest BCUT2D eigenvalue weighted by molar-refractivity contribution is -0.141. The standard InChI is InChI=1S/C20H13F6N3O4S/c1-34(31,32)14-4-2-3-12(8-14)29-17(30)15-7-11(19(21,22)23)9-28-18(15)33-13-5-6-16(27-10-13)20(24,25)26/h2-10H,1H3,(H,29,30). The number of alkyl halides is 6. The molecule has 0 bridgehead atoms. The molecule has 2 heterocycles. The summed E-state index contributed by atoms with van der Waals surface area (Å²) >= 11 is 0. The van der Waals surface area contributed by atoms with Crippen LogP contribution in [0.2, 0.25) is 0 Å². The van der Waals surface area contributed by atoms with Crippen LogP contribution in [0.5, 0.6) is 11.6 Å². The second kappa shape index (κ2) is 8.93. The van der Waals surface area contributed by atoms with E-state index in [0.717, 1.165) is 18.4 Å². The van der Waals surface area contributed by atoms with Gasteiger partial charge in [0.05, 0.1) is 16.7 Å². The van der Waals surface area contributed by atoms with Crippen LogP contribution in [0.4, 0.5) is 32.0 Å². The van der Waals surface area contributed by atoms with Crippen molar-refractivity contribution in [3.63, 3.8) is 0 Å². The van der Waals surface area contributed by atoms with Crippen molar-refractivity contribution in [2.75, 3.05) is 11.6 Å². The van der Waals surface area contributed by atoms with E-state index in [1.165, 1.54) is 18.2 Å². The normalized spacial score (nSPS) is 12.3. The topological polar surface area (TPSA) is 98.2 Å². The molecule has 3 rings (SSSR count). The number of carbonyl (C=O) groups is 1. The number of hydrogen-bond acceptors (Lipinski definition) is 6. The Labute approximate surface area is 188 Å². The van der Waals surface area contributed by atoms with Gasteiger partial charge < -0.3 is 10.1 Å². The molecule has 0 fully saturated rings. The maximum Gasteiger partial charge on any atom is 0.433 e. The largest absolute Gasteiger partial charge is 0.437 e. The number of pyridine rings is 2. The zero-order valence-electron chi connectivity index (χ0n) is 16.9. The van der Waals surface area contributed by atoms with E-state index in [9.17, 15) is 39.6 Å². The Morgan fingerprint density at radius 1 is 0.941 bits per heavy atom. The van der Waals surface area contributed by atoms with Gasteiger partial charge in [0.15, 0.2) is 9.84 Å². The van der Waals surface area contributed by atoms with Crippen LogP contribution in [0.3, 0.4) is 0 Å². The van der Waals surface area contributed by atoms with E-state index in [-0.39, 0.29) is 16.3 Å². The monoisotopic (exact) mass is 505 g/mol. The van der Waals surface area contributed by atoms with E-state index >= 15 is 0 Å². The molecule has 1 amide bonds. The van der Waals surface area contributed by atoms with Crippen LogP contribution in [0.1, 0.15) is 21.6 Å². The zero-order valence-corrected chi connectivity index (χ0v) is 17.7. The summed E-state index contributed by atoms with van der Waals surface area (Å²) in [6.45, 7) is 0. The van der Waals surface area contributed by atoms with Crippen LogP contribution in [0.25, 0.3) is 0 Å². The molecule has 14 heteroatoms. The Balaban J connectivity index is 1.97. The molecule has 1 N–H and O–H groups in total. The fourth-order valence-electron chi connectivity index (χ4n) is 2.57. The van der Waals surface area contributed by atoms with Crippen molar-refractivity contribution in [1.29, 1.82) is 0 Å². The SMILES string of the molecule is CS(=O)(=O)c1cccc(NC(=O)c2cc(C(F)(F)F)cnc2Oc2ccc(C(F)(F)F)nc2)c1. The lowest BCUT2D eigenvalue weighted by Gasteiger charge is -2.14. The summed E-state index contributed by atoms with van der Waals surface area (Å²) in [6.07, 6.45) is -7.62. The first-order valence-corrected chi connectivity index (χ1v) is 10.9. The molecule has 0 unspecified atom stereocenters. The first-order chi connectivity index (χ1) is 15.6. The van der Waals surface area contributed by atoms with E-state index < -0.39 is 50.8 Å². The number of ether oxygens (including phenoxy) is 1. The molecule has 0 atom stereocenters. The zero-order chi connectivity index (χ0) is 25.3. The van der Waals surface area contributed by atoms with E-state index in [4.69, 9.17) is 4.74 Å². The van der Waals surface area contributed by atoms with E-state index in [1.807, 2.05) is 0 Å². The van der Waals surface area contributed by atoms with E-state index in [2.05, 4.69) is 15.3 Å². The number of sulfone groups is 1. The van der Waals surface area contributed by atoms with Gasteiger partial charge in [-0.05, 0) is 36.4 Å². The fraction of sp³-hybridized carbons (Fsp3) is 0.150. The van der Waals surface area contributed by atoms with Gasteiger partial charge in [-0.2, -0.15) is 26.3 Å². The summed E-state index contributed by atoms with van der Waals surface area (Å²) < 4.78 is 106. The minimum absolute atomic E-state index is 0.0486. The molecule has 0 aliphatic carbocycles. The van der Waals surface area contributed by atoms with Crippen molar-refractivity contribution in [3.05, 3.63) is 71.7 Å².